The average Bonchev–Trinajstić information content (AvgIpc) is 3.18. The van der Waals surface area contributed by atoms with Crippen molar-refractivity contribution in [2.45, 2.75) is 0 Å². The minimum Gasteiger partial charge on any atom is -0.485 e. The molecule has 8 nitrogen and oxygen atoms in total. The number of benzene rings is 1. The fourth-order valence-corrected chi connectivity index (χ4v) is 3.72. The summed E-state index contributed by atoms with van der Waals surface area (Å²) in [5.41, 5.74) is 0.621. The van der Waals surface area contributed by atoms with Crippen LogP contribution in [0, 0.1) is 0 Å². The monoisotopic (exact) mass is 404 g/mol. The zero-order valence-corrected chi connectivity index (χ0v) is 16.0. The van der Waals surface area contributed by atoms with E-state index in [1.54, 1.807) is 34.5 Å². The first-order valence-electron chi connectivity index (χ1n) is 8.97. The molecule has 1 saturated heterocycles. The molecule has 0 radical (unpaired) electrons. The number of carbonyl (C=O) groups excluding carboxylic acids is 2. The van der Waals surface area contributed by atoms with Crippen LogP contribution in [0.15, 0.2) is 29.6 Å². The van der Waals surface area contributed by atoms with Crippen LogP contribution in [0.5, 0.6) is 17.2 Å². The van der Waals surface area contributed by atoms with Crippen LogP contribution in [-0.4, -0.2) is 62.8 Å². The molecule has 1 fully saturated rings. The minimum atomic E-state index is -0.257. The molecule has 9 heteroatoms. The molecule has 1 aromatic heterocycles. The number of fused-ring (bicyclic) bond motifs is 1. The van der Waals surface area contributed by atoms with Gasteiger partial charge in [-0.2, -0.15) is 0 Å². The molecule has 1 N–H and O–H groups in total. The Morgan fingerprint density at radius 3 is 2.61 bits per heavy atom. The number of carbonyl (C=O) groups is 2. The van der Waals surface area contributed by atoms with Gasteiger partial charge < -0.3 is 29.2 Å². The number of rotatable bonds is 5. The summed E-state index contributed by atoms with van der Waals surface area (Å²) < 4.78 is 21.8. The summed E-state index contributed by atoms with van der Waals surface area (Å²) >= 11 is 1.28. The summed E-state index contributed by atoms with van der Waals surface area (Å²) in [5, 5.41) is 4.60. The van der Waals surface area contributed by atoms with Gasteiger partial charge in [-0.1, -0.05) is 0 Å². The van der Waals surface area contributed by atoms with E-state index in [9.17, 15) is 9.59 Å². The van der Waals surface area contributed by atoms with Crippen LogP contribution in [0.25, 0.3) is 0 Å². The Labute approximate surface area is 165 Å². The number of anilines is 1. The summed E-state index contributed by atoms with van der Waals surface area (Å²) in [6, 6.07) is 6.88. The van der Waals surface area contributed by atoms with E-state index in [-0.39, 0.29) is 18.4 Å². The average molecular weight is 404 g/mol. The van der Waals surface area contributed by atoms with E-state index in [4.69, 9.17) is 18.9 Å². The summed E-state index contributed by atoms with van der Waals surface area (Å²) in [5.74, 6) is 1.34. The van der Waals surface area contributed by atoms with Crippen molar-refractivity contribution in [1.82, 2.24) is 4.90 Å². The Balaban J connectivity index is 1.31. The fourth-order valence-electron chi connectivity index (χ4n) is 2.89. The molecule has 0 spiro atoms. The highest BCUT2D eigenvalue weighted by molar-refractivity contribution is 7.13. The minimum absolute atomic E-state index is 0.0234. The molecule has 1 aromatic carbocycles. The Morgan fingerprint density at radius 2 is 1.82 bits per heavy atom. The van der Waals surface area contributed by atoms with Crippen LogP contribution in [0.2, 0.25) is 0 Å². The number of amides is 2. The molecular formula is C19H20N2O6S. The van der Waals surface area contributed by atoms with Gasteiger partial charge in [0, 0.05) is 24.2 Å². The second-order valence-electron chi connectivity index (χ2n) is 6.22. The molecule has 148 valence electrons. The third-order valence-electron chi connectivity index (χ3n) is 4.35. The van der Waals surface area contributed by atoms with Crippen LogP contribution < -0.4 is 19.5 Å². The highest BCUT2D eigenvalue weighted by Gasteiger charge is 2.23. The predicted molar refractivity (Wildman–Crippen MR) is 103 cm³/mol. The van der Waals surface area contributed by atoms with Crippen molar-refractivity contribution in [2.75, 3.05) is 51.4 Å². The van der Waals surface area contributed by atoms with Crippen LogP contribution in [0.1, 0.15) is 9.67 Å². The van der Waals surface area contributed by atoms with Gasteiger partial charge >= 0.3 is 0 Å². The highest BCUT2D eigenvalue weighted by atomic mass is 32.1. The standard InChI is InChI=1S/C19H20N2O6S/c22-16(21-5-7-24-8-6-21)11-27-14-3-1-13(2-4-14)20-19(23)18-17-15(12-28-18)25-9-10-26-17/h1-4,12H,5-11H2,(H,20,23). The smallest absolute Gasteiger partial charge is 0.269 e. The Kier molecular flexibility index (Phi) is 5.63. The topological polar surface area (TPSA) is 86.3 Å². The van der Waals surface area contributed by atoms with Crippen LogP contribution >= 0.6 is 11.3 Å². The third kappa shape index (κ3) is 4.20. The van der Waals surface area contributed by atoms with E-state index in [2.05, 4.69) is 5.32 Å². The number of nitrogens with one attached hydrogen (secondary N) is 1. The van der Waals surface area contributed by atoms with Crippen LogP contribution in [0.4, 0.5) is 5.69 Å². The second kappa shape index (κ2) is 8.49. The van der Waals surface area contributed by atoms with Crippen molar-refractivity contribution in [3.05, 3.63) is 34.5 Å². The van der Waals surface area contributed by atoms with Crippen molar-refractivity contribution in [2.24, 2.45) is 0 Å². The zero-order chi connectivity index (χ0) is 19.3. The summed E-state index contributed by atoms with van der Waals surface area (Å²) in [6.45, 7) is 3.20. The Hall–Kier alpha value is -2.78. The van der Waals surface area contributed by atoms with E-state index in [1.165, 1.54) is 11.3 Å². The lowest BCUT2D eigenvalue weighted by molar-refractivity contribution is -0.137. The summed E-state index contributed by atoms with van der Waals surface area (Å²) in [7, 11) is 0. The maximum atomic E-state index is 12.5. The number of nitrogens with zero attached hydrogens (tertiary/aromatic N) is 1. The highest BCUT2D eigenvalue weighted by Crippen LogP contribution is 2.39. The molecule has 0 atom stereocenters. The molecule has 0 aliphatic carbocycles. The maximum absolute atomic E-state index is 12.5. The van der Waals surface area contributed by atoms with Gasteiger partial charge in [-0.15, -0.1) is 11.3 Å². The van der Waals surface area contributed by atoms with E-state index < -0.39 is 0 Å². The SMILES string of the molecule is O=C(Nc1ccc(OCC(=O)N2CCOCC2)cc1)c1scc2c1OCCO2. The molecule has 0 unspecified atom stereocenters. The molecule has 3 heterocycles. The number of hydrogen-bond acceptors (Lipinski definition) is 7. The van der Waals surface area contributed by atoms with Crippen LogP contribution in [0.3, 0.4) is 0 Å². The quantitative estimate of drug-likeness (QED) is 0.821. The van der Waals surface area contributed by atoms with Gasteiger partial charge in [0.15, 0.2) is 18.1 Å². The zero-order valence-electron chi connectivity index (χ0n) is 15.1. The first kappa shape index (κ1) is 18.6. The molecule has 2 aliphatic rings. The van der Waals surface area contributed by atoms with E-state index in [0.29, 0.717) is 67.3 Å². The van der Waals surface area contributed by atoms with Crippen molar-refractivity contribution >= 4 is 28.8 Å². The summed E-state index contributed by atoms with van der Waals surface area (Å²) in [6.07, 6.45) is 0. The molecule has 2 aromatic rings. The first-order valence-corrected chi connectivity index (χ1v) is 9.85. The molecule has 28 heavy (non-hydrogen) atoms. The molecule has 2 amide bonds. The molecular weight excluding hydrogens is 384 g/mol. The van der Waals surface area contributed by atoms with E-state index in [0.717, 1.165) is 0 Å². The lowest BCUT2D eigenvalue weighted by atomic mass is 10.3. The fraction of sp³-hybridized carbons (Fsp3) is 0.368. The van der Waals surface area contributed by atoms with Gasteiger partial charge in [-0.3, -0.25) is 9.59 Å². The second-order valence-corrected chi connectivity index (χ2v) is 7.10. The number of thiophene rings is 1. The Bertz CT molecular complexity index is 845. The third-order valence-corrected chi connectivity index (χ3v) is 5.28. The van der Waals surface area contributed by atoms with Crippen molar-refractivity contribution < 1.29 is 28.5 Å². The van der Waals surface area contributed by atoms with Gasteiger partial charge in [0.2, 0.25) is 0 Å². The largest absolute Gasteiger partial charge is 0.485 e. The van der Waals surface area contributed by atoms with Crippen LogP contribution in [-0.2, 0) is 9.53 Å². The molecule has 0 saturated carbocycles. The maximum Gasteiger partial charge on any atom is 0.269 e. The molecule has 4 rings (SSSR count). The lowest BCUT2D eigenvalue weighted by Crippen LogP contribution is -2.42. The predicted octanol–water partition coefficient (Wildman–Crippen LogP) is 2.01. The van der Waals surface area contributed by atoms with E-state index in [1.807, 2.05) is 0 Å². The first-order chi connectivity index (χ1) is 13.7. The van der Waals surface area contributed by atoms with Gasteiger partial charge in [0.1, 0.15) is 23.8 Å². The van der Waals surface area contributed by atoms with E-state index >= 15 is 0 Å². The van der Waals surface area contributed by atoms with Gasteiger partial charge in [0.05, 0.1) is 13.2 Å². The normalized spacial score (nSPS) is 15.8. The lowest BCUT2D eigenvalue weighted by Gasteiger charge is -2.26. The molecule has 0 bridgehead atoms. The number of morpholine rings is 1. The number of ether oxygens (including phenoxy) is 4. The number of hydrogen-bond donors (Lipinski definition) is 1. The van der Waals surface area contributed by atoms with Gasteiger partial charge in [-0.05, 0) is 24.3 Å². The van der Waals surface area contributed by atoms with Crippen molar-refractivity contribution in [3.8, 4) is 17.2 Å². The van der Waals surface area contributed by atoms with Gasteiger partial charge in [-0.25, -0.2) is 0 Å². The summed E-state index contributed by atoms with van der Waals surface area (Å²) in [4.78, 5) is 26.8. The molecule has 2 aliphatic heterocycles. The van der Waals surface area contributed by atoms with Crippen molar-refractivity contribution in [3.63, 3.8) is 0 Å². The van der Waals surface area contributed by atoms with Crippen molar-refractivity contribution in [1.29, 1.82) is 0 Å². The Morgan fingerprint density at radius 1 is 1.07 bits per heavy atom. The van der Waals surface area contributed by atoms with Gasteiger partial charge in [0.25, 0.3) is 11.8 Å².